The summed E-state index contributed by atoms with van der Waals surface area (Å²) in [6, 6.07) is 11.9. The summed E-state index contributed by atoms with van der Waals surface area (Å²) >= 11 is 0. The summed E-state index contributed by atoms with van der Waals surface area (Å²) in [6.07, 6.45) is 0.307. The number of ether oxygens (including phenoxy) is 2. The zero-order valence-corrected chi connectivity index (χ0v) is 17.4. The highest BCUT2D eigenvalue weighted by Crippen LogP contribution is 2.28. The van der Waals surface area contributed by atoms with Crippen LogP contribution in [-0.2, 0) is 0 Å². The molecule has 0 fully saturated rings. The Labute approximate surface area is 170 Å². The lowest BCUT2D eigenvalue weighted by Crippen LogP contribution is -2.25. The van der Waals surface area contributed by atoms with Crippen molar-refractivity contribution in [3.63, 3.8) is 0 Å². The van der Waals surface area contributed by atoms with Gasteiger partial charge in [-0.3, -0.25) is 10.1 Å². The van der Waals surface area contributed by atoms with Crippen LogP contribution in [0.5, 0.6) is 11.5 Å². The second kappa shape index (κ2) is 9.88. The van der Waals surface area contributed by atoms with E-state index in [9.17, 15) is 14.9 Å². The molecule has 0 saturated carbocycles. The average Bonchev–Trinajstić information content (AvgIpc) is 2.66. The lowest BCUT2D eigenvalue weighted by atomic mass is 10.0. The van der Waals surface area contributed by atoms with Gasteiger partial charge in [-0.1, -0.05) is 12.1 Å². The number of carbonyl (C=O) groups excluding carboxylic acids is 1. The van der Waals surface area contributed by atoms with Crippen molar-refractivity contribution in [2.45, 2.75) is 19.4 Å². The zero-order chi connectivity index (χ0) is 21.6. The second-order valence-corrected chi connectivity index (χ2v) is 7.15. The number of amides is 1. The average molecular weight is 401 g/mol. The minimum atomic E-state index is -0.437. The Morgan fingerprint density at radius 1 is 1.10 bits per heavy atom. The minimum absolute atomic E-state index is 0.0362. The van der Waals surface area contributed by atoms with Gasteiger partial charge in [-0.25, -0.2) is 4.79 Å². The van der Waals surface area contributed by atoms with Crippen LogP contribution in [-0.4, -0.2) is 55.6 Å². The Balaban J connectivity index is 2.02. The van der Waals surface area contributed by atoms with Crippen molar-refractivity contribution in [3.8, 4) is 11.5 Å². The van der Waals surface area contributed by atoms with E-state index >= 15 is 0 Å². The van der Waals surface area contributed by atoms with Crippen molar-refractivity contribution in [2.24, 2.45) is 0 Å². The molecular weight excluding hydrogens is 374 g/mol. The number of nitro groups is 1. The summed E-state index contributed by atoms with van der Waals surface area (Å²) in [7, 11) is 7.26. The van der Waals surface area contributed by atoms with Crippen LogP contribution in [0.25, 0.3) is 0 Å². The second-order valence-electron chi connectivity index (χ2n) is 7.15. The van der Waals surface area contributed by atoms with Gasteiger partial charge in [0.05, 0.1) is 11.5 Å². The van der Waals surface area contributed by atoms with Crippen LogP contribution in [0, 0.1) is 17.0 Å². The maximum atomic E-state index is 11.8. The first-order valence-corrected chi connectivity index (χ1v) is 9.22. The summed E-state index contributed by atoms with van der Waals surface area (Å²) < 4.78 is 11.1. The van der Waals surface area contributed by atoms with Crippen molar-refractivity contribution in [1.82, 2.24) is 9.80 Å². The SMILES string of the molecule is Cc1cc(C(CCOc2ccc([N+](=O)[O-])cc2)N(C)C)ccc1OC(=O)N(C)C. The summed E-state index contributed by atoms with van der Waals surface area (Å²) in [5.74, 6) is 1.13. The topological polar surface area (TPSA) is 85.1 Å². The summed E-state index contributed by atoms with van der Waals surface area (Å²) in [6.45, 7) is 2.36. The van der Waals surface area contributed by atoms with Crippen LogP contribution in [0.2, 0.25) is 0 Å². The third-order valence-electron chi connectivity index (χ3n) is 4.48. The fourth-order valence-electron chi connectivity index (χ4n) is 2.86. The van der Waals surface area contributed by atoms with Crippen molar-refractivity contribution < 1.29 is 19.2 Å². The van der Waals surface area contributed by atoms with Crippen molar-refractivity contribution in [3.05, 3.63) is 63.7 Å². The number of carbonyl (C=O) groups is 1. The van der Waals surface area contributed by atoms with Crippen LogP contribution in [0.3, 0.4) is 0 Å². The number of nitrogens with zero attached hydrogens (tertiary/aromatic N) is 3. The molecule has 0 aliphatic carbocycles. The zero-order valence-electron chi connectivity index (χ0n) is 17.4. The first-order valence-electron chi connectivity index (χ1n) is 9.22. The normalized spacial score (nSPS) is 11.8. The Kier molecular flexibility index (Phi) is 7.55. The Morgan fingerprint density at radius 3 is 2.28 bits per heavy atom. The van der Waals surface area contributed by atoms with Crippen LogP contribution in [0.1, 0.15) is 23.6 Å². The molecule has 1 unspecified atom stereocenters. The molecule has 1 atom stereocenters. The molecule has 0 aromatic heterocycles. The maximum Gasteiger partial charge on any atom is 0.414 e. The first kappa shape index (κ1) is 22.2. The molecule has 0 aliphatic heterocycles. The molecule has 0 aliphatic rings. The molecular formula is C21H27N3O5. The van der Waals surface area contributed by atoms with E-state index in [4.69, 9.17) is 9.47 Å². The molecule has 2 aromatic carbocycles. The van der Waals surface area contributed by atoms with E-state index < -0.39 is 11.0 Å². The third kappa shape index (κ3) is 6.18. The fourth-order valence-corrected chi connectivity index (χ4v) is 2.86. The van der Waals surface area contributed by atoms with Crippen molar-refractivity contribution in [1.29, 1.82) is 0 Å². The molecule has 29 heavy (non-hydrogen) atoms. The highest BCUT2D eigenvalue weighted by molar-refractivity contribution is 5.70. The molecule has 0 radical (unpaired) electrons. The van der Waals surface area contributed by atoms with Crippen LogP contribution in [0.15, 0.2) is 42.5 Å². The van der Waals surface area contributed by atoms with Crippen molar-refractivity contribution in [2.75, 3.05) is 34.8 Å². The highest BCUT2D eigenvalue weighted by atomic mass is 16.6. The van der Waals surface area contributed by atoms with Gasteiger partial charge in [0, 0.05) is 38.7 Å². The van der Waals surface area contributed by atoms with Gasteiger partial charge < -0.3 is 19.3 Å². The molecule has 0 heterocycles. The van der Waals surface area contributed by atoms with E-state index in [-0.39, 0.29) is 11.7 Å². The van der Waals surface area contributed by atoms with E-state index in [0.717, 1.165) is 17.5 Å². The molecule has 0 bridgehead atoms. The number of hydrogen-bond donors (Lipinski definition) is 0. The first-order chi connectivity index (χ1) is 13.7. The minimum Gasteiger partial charge on any atom is -0.494 e. The standard InChI is InChI=1S/C21H27N3O5/c1-15-14-16(6-11-20(15)29-21(25)23(4)5)19(22(2)3)12-13-28-18-9-7-17(8-10-18)24(26)27/h6-11,14,19H,12-13H2,1-5H3. The quantitative estimate of drug-likeness (QED) is 0.490. The van der Waals surface area contributed by atoms with Gasteiger partial charge >= 0.3 is 6.09 Å². The summed E-state index contributed by atoms with van der Waals surface area (Å²) in [5.41, 5.74) is 2.00. The Bertz CT molecular complexity index is 850. The van der Waals surface area contributed by atoms with Gasteiger partial charge in [0.15, 0.2) is 0 Å². The predicted molar refractivity (Wildman–Crippen MR) is 111 cm³/mol. The van der Waals surface area contributed by atoms with E-state index in [2.05, 4.69) is 4.90 Å². The van der Waals surface area contributed by atoms with E-state index in [1.54, 1.807) is 32.3 Å². The van der Waals surface area contributed by atoms with Gasteiger partial charge in [-0.05, 0) is 50.3 Å². The molecule has 8 nitrogen and oxygen atoms in total. The smallest absolute Gasteiger partial charge is 0.414 e. The molecule has 2 rings (SSSR count). The maximum absolute atomic E-state index is 11.8. The largest absolute Gasteiger partial charge is 0.494 e. The van der Waals surface area contributed by atoms with Gasteiger partial charge in [-0.15, -0.1) is 0 Å². The van der Waals surface area contributed by atoms with Gasteiger partial charge in [0.25, 0.3) is 5.69 Å². The number of benzene rings is 2. The predicted octanol–water partition coefficient (Wildman–Crippen LogP) is 4.04. The van der Waals surface area contributed by atoms with Crippen LogP contribution in [0.4, 0.5) is 10.5 Å². The molecule has 0 saturated heterocycles. The number of rotatable bonds is 8. The highest BCUT2D eigenvalue weighted by Gasteiger charge is 2.17. The van der Waals surface area contributed by atoms with Crippen LogP contribution < -0.4 is 9.47 Å². The van der Waals surface area contributed by atoms with Gasteiger partial charge in [0.2, 0.25) is 0 Å². The molecule has 1 amide bonds. The monoisotopic (exact) mass is 401 g/mol. The van der Waals surface area contributed by atoms with E-state index in [1.165, 1.54) is 17.0 Å². The van der Waals surface area contributed by atoms with Gasteiger partial charge in [-0.2, -0.15) is 0 Å². The number of aryl methyl sites for hydroxylation is 1. The van der Waals surface area contributed by atoms with E-state index in [0.29, 0.717) is 18.1 Å². The van der Waals surface area contributed by atoms with Crippen molar-refractivity contribution >= 4 is 11.8 Å². The third-order valence-corrected chi connectivity index (χ3v) is 4.48. The fraction of sp³-hybridized carbons (Fsp3) is 0.381. The molecule has 0 N–H and O–H groups in total. The Morgan fingerprint density at radius 2 is 1.76 bits per heavy atom. The molecule has 2 aromatic rings. The lowest BCUT2D eigenvalue weighted by Gasteiger charge is -2.25. The van der Waals surface area contributed by atoms with Crippen LogP contribution >= 0.6 is 0 Å². The lowest BCUT2D eigenvalue weighted by molar-refractivity contribution is -0.384. The summed E-state index contributed by atoms with van der Waals surface area (Å²) in [5, 5.41) is 10.7. The number of nitro benzene ring substituents is 1. The number of hydrogen-bond acceptors (Lipinski definition) is 6. The molecule has 0 spiro atoms. The Hall–Kier alpha value is -3.13. The van der Waals surface area contributed by atoms with E-state index in [1.807, 2.05) is 33.2 Å². The molecule has 8 heteroatoms. The summed E-state index contributed by atoms with van der Waals surface area (Å²) in [4.78, 5) is 25.5. The number of non-ortho nitro benzene ring substituents is 1. The molecule has 156 valence electrons. The van der Waals surface area contributed by atoms with Gasteiger partial charge in [0.1, 0.15) is 11.5 Å².